The predicted molar refractivity (Wildman–Crippen MR) is 86.6 cm³/mol. The summed E-state index contributed by atoms with van der Waals surface area (Å²) in [6.07, 6.45) is 5.77. The maximum Gasteiger partial charge on any atom is 0.221 e. The predicted octanol–water partition coefficient (Wildman–Crippen LogP) is 2.57. The highest BCUT2D eigenvalue weighted by molar-refractivity contribution is 5.89. The van der Waals surface area contributed by atoms with E-state index in [1.54, 1.807) is 12.4 Å². The highest BCUT2D eigenvalue weighted by Crippen LogP contribution is 2.30. The third-order valence-electron chi connectivity index (χ3n) is 3.87. The molecule has 1 aliphatic rings. The van der Waals surface area contributed by atoms with Gasteiger partial charge < -0.3 is 10.6 Å². The van der Waals surface area contributed by atoms with E-state index in [0.717, 1.165) is 48.6 Å². The van der Waals surface area contributed by atoms with Crippen molar-refractivity contribution in [1.82, 2.24) is 15.3 Å². The first-order valence-electron chi connectivity index (χ1n) is 7.63. The number of nitrogens with one attached hydrogen (secondary N) is 2. The van der Waals surface area contributed by atoms with Crippen molar-refractivity contribution in [3.63, 3.8) is 0 Å². The molecule has 0 radical (unpaired) electrons. The lowest BCUT2D eigenvalue weighted by Gasteiger charge is -2.23. The summed E-state index contributed by atoms with van der Waals surface area (Å²) in [6, 6.07) is 7.77. The Morgan fingerprint density at radius 2 is 2.18 bits per heavy atom. The second-order valence-electron chi connectivity index (χ2n) is 5.60. The Balaban J connectivity index is 1.96. The van der Waals surface area contributed by atoms with E-state index >= 15 is 0 Å². The van der Waals surface area contributed by atoms with Crippen molar-refractivity contribution >= 4 is 11.6 Å². The quantitative estimate of drug-likeness (QED) is 0.913. The number of nitrogens with zero attached hydrogens (tertiary/aromatic N) is 2. The molecule has 114 valence electrons. The number of anilines is 1. The monoisotopic (exact) mass is 296 g/mol. The lowest BCUT2D eigenvalue weighted by Crippen LogP contribution is -2.29. The first-order chi connectivity index (χ1) is 10.7. The van der Waals surface area contributed by atoms with Crippen LogP contribution in [0.2, 0.25) is 0 Å². The Morgan fingerprint density at radius 1 is 1.32 bits per heavy atom. The van der Waals surface area contributed by atoms with Crippen LogP contribution in [0.15, 0.2) is 36.7 Å². The van der Waals surface area contributed by atoms with Crippen LogP contribution in [0.25, 0.3) is 11.3 Å². The van der Waals surface area contributed by atoms with Gasteiger partial charge in [-0.05, 0) is 31.5 Å². The fourth-order valence-electron chi connectivity index (χ4n) is 2.90. The Hall–Kier alpha value is -2.27. The van der Waals surface area contributed by atoms with Crippen LogP contribution in [0.1, 0.15) is 31.4 Å². The van der Waals surface area contributed by atoms with Crippen molar-refractivity contribution in [3.05, 3.63) is 42.4 Å². The summed E-state index contributed by atoms with van der Waals surface area (Å²) in [5.74, 6) is 0.315. The molecule has 22 heavy (non-hydrogen) atoms. The second kappa shape index (κ2) is 6.66. The molecule has 1 atom stereocenters. The summed E-state index contributed by atoms with van der Waals surface area (Å²) in [6.45, 7) is 3.52. The van der Waals surface area contributed by atoms with Gasteiger partial charge in [0.1, 0.15) is 0 Å². The molecule has 2 N–H and O–H groups in total. The van der Waals surface area contributed by atoms with E-state index < -0.39 is 0 Å². The number of rotatable bonds is 3. The van der Waals surface area contributed by atoms with Crippen molar-refractivity contribution in [1.29, 1.82) is 0 Å². The van der Waals surface area contributed by atoms with Crippen LogP contribution in [0, 0.1) is 0 Å². The van der Waals surface area contributed by atoms with Crippen molar-refractivity contribution in [3.8, 4) is 11.3 Å². The fourth-order valence-corrected chi connectivity index (χ4v) is 2.90. The number of amides is 1. The number of carbonyl (C=O) groups excluding carboxylic acids is 1. The van der Waals surface area contributed by atoms with Gasteiger partial charge in [0.05, 0.1) is 11.4 Å². The molecule has 0 aliphatic carbocycles. The number of benzene rings is 1. The largest absolute Gasteiger partial charge is 0.326 e. The lowest BCUT2D eigenvalue weighted by molar-refractivity contribution is -0.114. The topological polar surface area (TPSA) is 66.9 Å². The minimum atomic E-state index is -0.0759. The van der Waals surface area contributed by atoms with Gasteiger partial charge in [0.25, 0.3) is 0 Å². The first-order valence-corrected chi connectivity index (χ1v) is 7.63. The maximum absolute atomic E-state index is 11.2. The molecule has 2 heterocycles. The van der Waals surface area contributed by atoms with E-state index in [1.165, 1.54) is 6.92 Å². The Kier molecular flexibility index (Phi) is 4.44. The van der Waals surface area contributed by atoms with Gasteiger partial charge in [0, 0.05) is 43.0 Å². The zero-order chi connectivity index (χ0) is 15.4. The Morgan fingerprint density at radius 3 is 2.95 bits per heavy atom. The average Bonchev–Trinajstić information content (AvgIpc) is 2.55. The van der Waals surface area contributed by atoms with Crippen molar-refractivity contribution < 1.29 is 4.79 Å². The summed E-state index contributed by atoms with van der Waals surface area (Å²) in [4.78, 5) is 20.3. The number of hydrogen-bond donors (Lipinski definition) is 2. The van der Waals surface area contributed by atoms with Gasteiger partial charge in [-0.3, -0.25) is 14.8 Å². The van der Waals surface area contributed by atoms with Crippen LogP contribution in [0.5, 0.6) is 0 Å². The Bertz CT molecular complexity index is 665. The standard InChI is InChI=1S/C17H20N4O/c1-12(22)21-15-6-2-4-13(10-15)16-17(20-9-8-19-16)14-5-3-7-18-11-14/h2,4,6,8-10,14,18H,3,5,7,11H2,1H3,(H,21,22)/t14-/m0/s1. The van der Waals surface area contributed by atoms with E-state index in [0.29, 0.717) is 5.92 Å². The molecule has 1 aromatic heterocycles. The third-order valence-corrected chi connectivity index (χ3v) is 3.87. The van der Waals surface area contributed by atoms with Gasteiger partial charge in [-0.2, -0.15) is 0 Å². The fraction of sp³-hybridized carbons (Fsp3) is 0.353. The van der Waals surface area contributed by atoms with Crippen molar-refractivity contribution in [2.45, 2.75) is 25.7 Å². The van der Waals surface area contributed by atoms with E-state index in [9.17, 15) is 4.79 Å². The van der Waals surface area contributed by atoms with Crippen LogP contribution in [0.3, 0.4) is 0 Å². The molecule has 5 nitrogen and oxygen atoms in total. The molecule has 2 aromatic rings. The summed E-state index contributed by atoms with van der Waals surface area (Å²) in [5.41, 5.74) is 3.71. The molecule has 0 unspecified atom stereocenters. The number of aromatic nitrogens is 2. The third kappa shape index (κ3) is 3.31. The van der Waals surface area contributed by atoms with Crippen LogP contribution in [-0.2, 0) is 4.79 Å². The number of carbonyl (C=O) groups is 1. The van der Waals surface area contributed by atoms with Crippen molar-refractivity contribution in [2.75, 3.05) is 18.4 Å². The smallest absolute Gasteiger partial charge is 0.221 e. The van der Waals surface area contributed by atoms with Gasteiger partial charge in [-0.1, -0.05) is 12.1 Å². The van der Waals surface area contributed by atoms with Crippen molar-refractivity contribution in [2.24, 2.45) is 0 Å². The lowest BCUT2D eigenvalue weighted by atomic mass is 9.92. The summed E-state index contributed by atoms with van der Waals surface area (Å²) >= 11 is 0. The number of piperidine rings is 1. The average molecular weight is 296 g/mol. The second-order valence-corrected chi connectivity index (χ2v) is 5.60. The van der Waals surface area contributed by atoms with E-state index in [-0.39, 0.29) is 5.91 Å². The molecule has 0 bridgehead atoms. The Labute approximate surface area is 130 Å². The van der Waals surface area contributed by atoms with Gasteiger partial charge in [0.15, 0.2) is 0 Å². The van der Waals surface area contributed by atoms with Crippen LogP contribution >= 0.6 is 0 Å². The molecule has 3 rings (SSSR count). The number of hydrogen-bond acceptors (Lipinski definition) is 4. The van der Waals surface area contributed by atoms with Gasteiger partial charge in [-0.25, -0.2) is 0 Å². The molecule has 0 saturated carbocycles. The van der Waals surface area contributed by atoms with Gasteiger partial charge in [-0.15, -0.1) is 0 Å². The van der Waals surface area contributed by atoms with Crippen LogP contribution in [0.4, 0.5) is 5.69 Å². The summed E-state index contributed by atoms with van der Waals surface area (Å²) < 4.78 is 0. The zero-order valence-corrected chi connectivity index (χ0v) is 12.7. The summed E-state index contributed by atoms with van der Waals surface area (Å²) in [7, 11) is 0. The van der Waals surface area contributed by atoms with E-state index in [4.69, 9.17) is 0 Å². The highest BCUT2D eigenvalue weighted by atomic mass is 16.1. The molecular formula is C17H20N4O. The van der Waals surface area contributed by atoms with E-state index in [1.807, 2.05) is 24.3 Å². The summed E-state index contributed by atoms with van der Waals surface area (Å²) in [5, 5.41) is 6.24. The molecule has 5 heteroatoms. The minimum absolute atomic E-state index is 0.0759. The van der Waals surface area contributed by atoms with Gasteiger partial charge >= 0.3 is 0 Å². The normalized spacial score (nSPS) is 18.0. The highest BCUT2D eigenvalue weighted by Gasteiger charge is 2.21. The molecule has 0 spiro atoms. The molecular weight excluding hydrogens is 276 g/mol. The first kappa shape index (κ1) is 14.7. The maximum atomic E-state index is 11.2. The van der Waals surface area contributed by atoms with Crippen LogP contribution < -0.4 is 10.6 Å². The SMILES string of the molecule is CC(=O)Nc1cccc(-c2nccnc2[C@H]2CCCNC2)c1. The molecule has 1 amide bonds. The van der Waals surface area contributed by atoms with E-state index in [2.05, 4.69) is 20.6 Å². The van der Waals surface area contributed by atoms with Crippen LogP contribution in [-0.4, -0.2) is 29.0 Å². The molecule has 1 fully saturated rings. The zero-order valence-electron chi connectivity index (χ0n) is 12.7. The minimum Gasteiger partial charge on any atom is -0.326 e. The van der Waals surface area contributed by atoms with Gasteiger partial charge in [0.2, 0.25) is 5.91 Å². The molecule has 1 aliphatic heterocycles. The molecule has 1 aromatic carbocycles. The molecule has 1 saturated heterocycles.